The monoisotopic (exact) mass is 483 g/mol. The van der Waals surface area contributed by atoms with E-state index in [-0.39, 0.29) is 30.0 Å². The minimum atomic E-state index is -0.207. The maximum atomic E-state index is 13.2. The fraction of sp³-hybridized carbons (Fsp3) is 0.333. The van der Waals surface area contributed by atoms with Gasteiger partial charge in [-0.05, 0) is 35.6 Å². The molecule has 186 valence electrons. The highest BCUT2D eigenvalue weighted by atomic mass is 16.5. The van der Waals surface area contributed by atoms with E-state index in [1.165, 1.54) is 0 Å². The summed E-state index contributed by atoms with van der Waals surface area (Å²) in [6.07, 6.45) is 2.02. The molecular weight excluding hydrogens is 450 g/mol. The summed E-state index contributed by atoms with van der Waals surface area (Å²) in [6, 6.07) is 27.6. The minimum Gasteiger partial charge on any atom is -0.373 e. The van der Waals surface area contributed by atoms with Crippen LogP contribution in [0.15, 0.2) is 84.9 Å². The van der Waals surface area contributed by atoms with Crippen molar-refractivity contribution < 1.29 is 14.3 Å². The number of benzene rings is 3. The SMILES string of the molecule is CN(CC1CCCOC1c1ccccc1)C(=O)NCC1c2ccccc2C(=O)N1Cc1ccccc1. The Morgan fingerprint density at radius 1 is 1.00 bits per heavy atom. The molecular formula is C30H33N3O3. The van der Waals surface area contributed by atoms with Gasteiger partial charge in [-0.3, -0.25) is 4.79 Å². The van der Waals surface area contributed by atoms with Gasteiger partial charge in [0.2, 0.25) is 0 Å². The summed E-state index contributed by atoms with van der Waals surface area (Å²) in [7, 11) is 1.83. The molecule has 3 atom stereocenters. The first-order valence-electron chi connectivity index (χ1n) is 12.7. The molecule has 0 aliphatic carbocycles. The molecule has 6 heteroatoms. The Hall–Kier alpha value is -3.64. The van der Waals surface area contributed by atoms with Crippen molar-refractivity contribution in [3.05, 3.63) is 107 Å². The van der Waals surface area contributed by atoms with Crippen molar-refractivity contribution in [1.82, 2.24) is 15.1 Å². The van der Waals surface area contributed by atoms with Crippen LogP contribution in [0.5, 0.6) is 0 Å². The molecule has 0 aromatic heterocycles. The normalized spacial score (nSPS) is 21.2. The van der Waals surface area contributed by atoms with Crippen LogP contribution in [0.25, 0.3) is 0 Å². The minimum absolute atomic E-state index is 0.00380. The topological polar surface area (TPSA) is 61.9 Å². The summed E-state index contributed by atoms with van der Waals surface area (Å²) in [5.41, 5.74) is 3.90. The van der Waals surface area contributed by atoms with Crippen LogP contribution in [0.2, 0.25) is 0 Å². The zero-order chi connectivity index (χ0) is 24.9. The Kier molecular flexibility index (Phi) is 7.33. The first-order chi connectivity index (χ1) is 17.6. The van der Waals surface area contributed by atoms with E-state index >= 15 is 0 Å². The average Bonchev–Trinajstić information content (AvgIpc) is 3.19. The molecule has 3 aromatic rings. The third kappa shape index (κ3) is 5.14. The molecule has 2 heterocycles. The molecule has 3 aromatic carbocycles. The first-order valence-corrected chi connectivity index (χ1v) is 12.7. The predicted molar refractivity (Wildman–Crippen MR) is 139 cm³/mol. The van der Waals surface area contributed by atoms with E-state index in [1.807, 2.05) is 84.7 Å². The lowest BCUT2D eigenvalue weighted by atomic mass is 9.89. The van der Waals surface area contributed by atoms with Crippen LogP contribution >= 0.6 is 0 Å². The number of fused-ring (bicyclic) bond motifs is 1. The number of hydrogen-bond acceptors (Lipinski definition) is 3. The molecule has 2 aliphatic rings. The van der Waals surface area contributed by atoms with Gasteiger partial charge in [0.25, 0.3) is 5.91 Å². The number of rotatable bonds is 7. The number of urea groups is 1. The van der Waals surface area contributed by atoms with Gasteiger partial charge in [0.1, 0.15) is 0 Å². The van der Waals surface area contributed by atoms with Crippen molar-refractivity contribution in [1.29, 1.82) is 0 Å². The second-order valence-corrected chi connectivity index (χ2v) is 9.69. The van der Waals surface area contributed by atoms with Gasteiger partial charge in [-0.15, -0.1) is 0 Å². The number of amides is 3. The van der Waals surface area contributed by atoms with Gasteiger partial charge in [-0.2, -0.15) is 0 Å². The molecule has 6 nitrogen and oxygen atoms in total. The molecule has 1 saturated heterocycles. The van der Waals surface area contributed by atoms with Crippen LogP contribution in [-0.2, 0) is 11.3 Å². The van der Waals surface area contributed by atoms with Gasteiger partial charge in [-0.25, -0.2) is 4.79 Å². The zero-order valence-electron chi connectivity index (χ0n) is 20.7. The number of nitrogens with one attached hydrogen (secondary N) is 1. The molecule has 0 spiro atoms. The van der Waals surface area contributed by atoms with Crippen molar-refractivity contribution in [2.24, 2.45) is 5.92 Å². The van der Waals surface area contributed by atoms with E-state index in [4.69, 9.17) is 4.74 Å². The lowest BCUT2D eigenvalue weighted by Crippen LogP contribution is -2.44. The Balaban J connectivity index is 1.25. The lowest BCUT2D eigenvalue weighted by Gasteiger charge is -2.35. The van der Waals surface area contributed by atoms with Crippen LogP contribution in [0.1, 0.15) is 52.0 Å². The maximum absolute atomic E-state index is 13.2. The highest BCUT2D eigenvalue weighted by Gasteiger charge is 2.37. The fourth-order valence-corrected chi connectivity index (χ4v) is 5.42. The molecule has 3 amide bonds. The van der Waals surface area contributed by atoms with Crippen LogP contribution in [0, 0.1) is 5.92 Å². The number of hydrogen-bond donors (Lipinski definition) is 1. The van der Waals surface area contributed by atoms with Crippen LogP contribution in [-0.4, -0.2) is 48.5 Å². The zero-order valence-corrected chi connectivity index (χ0v) is 20.7. The quantitative estimate of drug-likeness (QED) is 0.503. The van der Waals surface area contributed by atoms with Gasteiger partial charge in [0.05, 0.1) is 12.1 Å². The maximum Gasteiger partial charge on any atom is 0.317 e. The standard InChI is InChI=1S/C30H33N3O3/c1-32(21-24-15-10-18-36-28(24)23-13-6-3-7-14-23)30(35)31-19-27-25-16-8-9-17-26(25)29(34)33(27)20-22-11-4-2-5-12-22/h2-9,11-14,16-17,24,27-28H,10,15,18-21H2,1H3,(H,31,35). The molecule has 0 saturated carbocycles. The summed E-state index contributed by atoms with van der Waals surface area (Å²) in [5, 5.41) is 3.10. The Labute approximate surface area is 212 Å². The lowest BCUT2D eigenvalue weighted by molar-refractivity contribution is -0.0341. The van der Waals surface area contributed by atoms with E-state index in [2.05, 4.69) is 17.4 Å². The highest BCUT2D eigenvalue weighted by Crippen LogP contribution is 2.35. The van der Waals surface area contributed by atoms with E-state index in [0.29, 0.717) is 25.2 Å². The predicted octanol–water partition coefficient (Wildman–Crippen LogP) is 5.19. The molecule has 36 heavy (non-hydrogen) atoms. The van der Waals surface area contributed by atoms with Crippen LogP contribution in [0.4, 0.5) is 4.79 Å². The summed E-state index contributed by atoms with van der Waals surface area (Å²) >= 11 is 0. The van der Waals surface area contributed by atoms with Crippen molar-refractivity contribution >= 4 is 11.9 Å². The second kappa shape index (κ2) is 11.0. The summed E-state index contributed by atoms with van der Waals surface area (Å²) in [5.74, 6) is 0.243. The van der Waals surface area contributed by atoms with Gasteiger partial charge >= 0.3 is 6.03 Å². The molecule has 3 unspecified atom stereocenters. The third-order valence-electron chi connectivity index (χ3n) is 7.26. The van der Waals surface area contributed by atoms with E-state index in [9.17, 15) is 9.59 Å². The Bertz CT molecular complexity index is 1180. The van der Waals surface area contributed by atoms with E-state index in [1.54, 1.807) is 4.90 Å². The van der Waals surface area contributed by atoms with Gasteiger partial charge in [-0.1, -0.05) is 78.9 Å². The summed E-state index contributed by atoms with van der Waals surface area (Å²) in [4.78, 5) is 30.0. The van der Waals surface area contributed by atoms with Gasteiger partial charge in [0, 0.05) is 44.8 Å². The van der Waals surface area contributed by atoms with Crippen LogP contribution in [0.3, 0.4) is 0 Å². The molecule has 1 fully saturated rings. The number of carbonyl (C=O) groups is 2. The summed E-state index contributed by atoms with van der Waals surface area (Å²) in [6.45, 7) is 2.22. The summed E-state index contributed by atoms with van der Waals surface area (Å²) < 4.78 is 6.12. The molecule has 1 N–H and O–H groups in total. The van der Waals surface area contributed by atoms with Gasteiger partial charge < -0.3 is 19.9 Å². The van der Waals surface area contributed by atoms with E-state index in [0.717, 1.165) is 36.1 Å². The largest absolute Gasteiger partial charge is 0.373 e. The Morgan fingerprint density at radius 3 is 2.47 bits per heavy atom. The van der Waals surface area contributed by atoms with Crippen molar-refractivity contribution in [2.45, 2.75) is 31.5 Å². The molecule has 0 radical (unpaired) electrons. The van der Waals surface area contributed by atoms with Crippen molar-refractivity contribution in [2.75, 3.05) is 26.7 Å². The smallest absolute Gasteiger partial charge is 0.317 e. The fourth-order valence-electron chi connectivity index (χ4n) is 5.42. The average molecular weight is 484 g/mol. The van der Waals surface area contributed by atoms with Crippen molar-refractivity contribution in [3.8, 4) is 0 Å². The first kappa shape index (κ1) is 24.1. The number of nitrogens with zero attached hydrogens (tertiary/aromatic N) is 2. The van der Waals surface area contributed by atoms with Gasteiger partial charge in [0.15, 0.2) is 0 Å². The number of carbonyl (C=O) groups excluding carboxylic acids is 2. The Morgan fingerprint density at radius 2 is 1.69 bits per heavy atom. The molecule has 5 rings (SSSR count). The third-order valence-corrected chi connectivity index (χ3v) is 7.26. The second-order valence-electron chi connectivity index (χ2n) is 9.69. The molecule has 2 aliphatic heterocycles. The van der Waals surface area contributed by atoms with Crippen molar-refractivity contribution in [3.63, 3.8) is 0 Å². The van der Waals surface area contributed by atoms with E-state index < -0.39 is 0 Å². The molecule has 0 bridgehead atoms. The van der Waals surface area contributed by atoms with Crippen LogP contribution < -0.4 is 5.32 Å². The number of ether oxygens (including phenoxy) is 1. The highest BCUT2D eigenvalue weighted by molar-refractivity contribution is 5.99.